The van der Waals surface area contributed by atoms with Crippen molar-refractivity contribution in [3.05, 3.63) is 35.9 Å². The summed E-state index contributed by atoms with van der Waals surface area (Å²) in [5, 5.41) is 0. The third-order valence-electron chi connectivity index (χ3n) is 3.22. The molecule has 1 aromatic rings. The lowest BCUT2D eigenvalue weighted by atomic mass is 10.2. The number of carbonyl (C=O) groups excluding carboxylic acids is 1. The molecule has 102 valence electrons. The number of hydrogen-bond acceptors (Lipinski definition) is 5. The molecular weight excluding hydrogens is 264 g/mol. The first-order chi connectivity index (χ1) is 9.29. The summed E-state index contributed by atoms with van der Waals surface area (Å²) in [7, 11) is 0. The minimum atomic E-state index is -0.312. The molecule has 0 bridgehead atoms. The third-order valence-corrected chi connectivity index (χ3v) is 4.27. The van der Waals surface area contributed by atoms with E-state index in [0.29, 0.717) is 5.56 Å². The van der Waals surface area contributed by atoms with Crippen molar-refractivity contribution in [2.24, 2.45) is 0 Å². The van der Waals surface area contributed by atoms with E-state index in [1.54, 1.807) is 23.9 Å². The van der Waals surface area contributed by atoms with E-state index in [1.807, 2.05) is 18.2 Å². The van der Waals surface area contributed by atoms with Gasteiger partial charge in [-0.2, -0.15) is 0 Å². The highest BCUT2D eigenvalue weighted by Gasteiger charge is 2.58. The van der Waals surface area contributed by atoms with Gasteiger partial charge in [-0.1, -0.05) is 25.1 Å². The smallest absolute Gasteiger partial charge is 0.338 e. The van der Waals surface area contributed by atoms with Crippen LogP contribution in [0.25, 0.3) is 0 Å². The highest BCUT2D eigenvalue weighted by atomic mass is 32.2. The normalized spacial score (nSPS) is 31.8. The van der Waals surface area contributed by atoms with Crippen LogP contribution in [-0.2, 0) is 14.2 Å². The monoisotopic (exact) mass is 280 g/mol. The number of benzene rings is 1. The van der Waals surface area contributed by atoms with Crippen molar-refractivity contribution >= 4 is 17.7 Å². The van der Waals surface area contributed by atoms with Crippen LogP contribution in [-0.4, -0.2) is 42.1 Å². The summed E-state index contributed by atoms with van der Waals surface area (Å²) in [6, 6.07) is 8.98. The Balaban J connectivity index is 1.50. The molecular formula is C14H16O4S. The number of esters is 1. The summed E-state index contributed by atoms with van der Waals surface area (Å²) in [6.45, 7) is 2.35. The number of epoxide rings is 1. The maximum absolute atomic E-state index is 11.8. The van der Waals surface area contributed by atoms with E-state index in [0.717, 1.165) is 5.75 Å². The first-order valence-electron chi connectivity index (χ1n) is 6.44. The molecule has 1 aromatic carbocycles. The van der Waals surface area contributed by atoms with E-state index in [2.05, 4.69) is 6.92 Å². The van der Waals surface area contributed by atoms with Crippen LogP contribution < -0.4 is 0 Å². The van der Waals surface area contributed by atoms with Crippen LogP contribution in [0.1, 0.15) is 17.3 Å². The zero-order valence-corrected chi connectivity index (χ0v) is 11.5. The number of fused-ring (bicyclic) bond motifs is 1. The van der Waals surface area contributed by atoms with Crippen molar-refractivity contribution in [3.8, 4) is 0 Å². The van der Waals surface area contributed by atoms with Gasteiger partial charge in [-0.25, -0.2) is 4.79 Å². The fraction of sp³-hybridized carbons (Fsp3) is 0.500. The van der Waals surface area contributed by atoms with Gasteiger partial charge in [-0.05, 0) is 17.9 Å². The SMILES string of the molecule is CCS[C@H]1O[C@H](COC(=O)c2ccccc2)[C@@H]2O[C@@H]21. The Morgan fingerprint density at radius 3 is 2.79 bits per heavy atom. The average Bonchev–Trinajstić information content (AvgIpc) is 3.17. The maximum atomic E-state index is 11.8. The molecule has 3 rings (SSSR count). The highest BCUT2D eigenvalue weighted by Crippen LogP contribution is 2.43. The van der Waals surface area contributed by atoms with Crippen molar-refractivity contribution in [2.45, 2.75) is 30.7 Å². The lowest BCUT2D eigenvalue weighted by Gasteiger charge is -2.16. The van der Waals surface area contributed by atoms with Crippen molar-refractivity contribution in [2.75, 3.05) is 12.4 Å². The van der Waals surface area contributed by atoms with Gasteiger partial charge in [-0.3, -0.25) is 0 Å². The van der Waals surface area contributed by atoms with Crippen LogP contribution in [0.3, 0.4) is 0 Å². The summed E-state index contributed by atoms with van der Waals surface area (Å²) >= 11 is 1.74. The van der Waals surface area contributed by atoms with Crippen LogP contribution in [0.2, 0.25) is 0 Å². The summed E-state index contributed by atoms with van der Waals surface area (Å²) in [5.41, 5.74) is 0.656. The van der Waals surface area contributed by atoms with Crippen LogP contribution in [0, 0.1) is 0 Å². The average molecular weight is 280 g/mol. The second kappa shape index (κ2) is 5.53. The molecule has 0 N–H and O–H groups in total. The Bertz CT molecular complexity index is 450. The molecule has 0 spiro atoms. The van der Waals surface area contributed by atoms with Crippen molar-refractivity contribution in [1.29, 1.82) is 0 Å². The van der Waals surface area contributed by atoms with E-state index < -0.39 is 0 Å². The van der Waals surface area contributed by atoms with E-state index >= 15 is 0 Å². The fourth-order valence-electron chi connectivity index (χ4n) is 2.23. The number of rotatable bonds is 5. The molecule has 2 aliphatic heterocycles. The van der Waals surface area contributed by atoms with E-state index in [9.17, 15) is 4.79 Å². The molecule has 4 nitrogen and oxygen atoms in total. The van der Waals surface area contributed by atoms with Gasteiger partial charge in [0, 0.05) is 0 Å². The molecule has 4 atom stereocenters. The van der Waals surface area contributed by atoms with Crippen LogP contribution in [0.5, 0.6) is 0 Å². The van der Waals surface area contributed by atoms with Crippen molar-refractivity contribution in [1.82, 2.24) is 0 Å². The lowest BCUT2D eigenvalue weighted by molar-refractivity contribution is -0.0290. The molecule has 2 saturated heterocycles. The second-order valence-electron chi connectivity index (χ2n) is 4.53. The zero-order chi connectivity index (χ0) is 13.2. The molecule has 0 radical (unpaired) electrons. The summed E-state index contributed by atoms with van der Waals surface area (Å²) in [5.74, 6) is 0.682. The molecule has 0 amide bonds. The lowest BCUT2D eigenvalue weighted by Crippen LogP contribution is -2.25. The topological polar surface area (TPSA) is 48.1 Å². The van der Waals surface area contributed by atoms with Crippen LogP contribution in [0.4, 0.5) is 0 Å². The largest absolute Gasteiger partial charge is 0.459 e. The Morgan fingerprint density at radius 2 is 2.05 bits per heavy atom. The van der Waals surface area contributed by atoms with E-state index in [4.69, 9.17) is 14.2 Å². The summed E-state index contributed by atoms with van der Waals surface area (Å²) in [6.07, 6.45) is 0.166. The van der Waals surface area contributed by atoms with Gasteiger partial charge in [0.25, 0.3) is 0 Å². The Morgan fingerprint density at radius 1 is 1.26 bits per heavy atom. The standard InChI is InChI=1S/C14H16O4S/c1-2-19-14-12-11(18-12)10(17-14)8-16-13(15)9-6-4-3-5-7-9/h3-7,10-12,14H,2,8H2,1H3/t10-,11+,12+,14-/m1/s1. The van der Waals surface area contributed by atoms with Crippen molar-refractivity contribution in [3.63, 3.8) is 0 Å². The highest BCUT2D eigenvalue weighted by molar-refractivity contribution is 7.99. The molecule has 2 aliphatic rings. The Labute approximate surface area is 116 Å². The Kier molecular flexibility index (Phi) is 3.77. The molecule has 0 aliphatic carbocycles. The van der Waals surface area contributed by atoms with Gasteiger partial charge in [0.2, 0.25) is 0 Å². The molecule has 0 unspecified atom stereocenters. The summed E-state index contributed by atoms with van der Waals surface area (Å²) in [4.78, 5) is 11.8. The molecule has 5 heteroatoms. The predicted molar refractivity (Wildman–Crippen MR) is 72.2 cm³/mol. The van der Waals surface area contributed by atoms with Crippen molar-refractivity contribution < 1.29 is 19.0 Å². The molecule has 0 aromatic heterocycles. The molecule has 2 fully saturated rings. The number of ether oxygens (including phenoxy) is 3. The molecule has 2 heterocycles. The third kappa shape index (κ3) is 2.78. The molecule has 0 saturated carbocycles. The predicted octanol–water partition coefficient (Wildman–Crippen LogP) is 2.09. The first kappa shape index (κ1) is 13.0. The second-order valence-corrected chi connectivity index (χ2v) is 5.90. The zero-order valence-electron chi connectivity index (χ0n) is 10.7. The quantitative estimate of drug-likeness (QED) is 0.610. The number of thioether (sulfide) groups is 1. The van der Waals surface area contributed by atoms with Gasteiger partial charge in [0.1, 0.15) is 30.4 Å². The number of hydrogen-bond donors (Lipinski definition) is 0. The van der Waals surface area contributed by atoms with E-state index in [1.165, 1.54) is 0 Å². The van der Waals surface area contributed by atoms with Crippen LogP contribution in [0.15, 0.2) is 30.3 Å². The van der Waals surface area contributed by atoms with Gasteiger partial charge in [-0.15, -0.1) is 11.8 Å². The van der Waals surface area contributed by atoms with Crippen LogP contribution >= 0.6 is 11.8 Å². The first-order valence-corrected chi connectivity index (χ1v) is 7.49. The minimum Gasteiger partial charge on any atom is -0.459 e. The maximum Gasteiger partial charge on any atom is 0.338 e. The Hall–Kier alpha value is -1.04. The molecule has 19 heavy (non-hydrogen) atoms. The van der Waals surface area contributed by atoms with Gasteiger partial charge in [0.15, 0.2) is 0 Å². The fourth-order valence-corrected chi connectivity index (χ4v) is 3.19. The summed E-state index contributed by atoms with van der Waals surface area (Å²) < 4.78 is 16.6. The van der Waals surface area contributed by atoms with Gasteiger partial charge < -0.3 is 14.2 Å². The van der Waals surface area contributed by atoms with E-state index in [-0.39, 0.29) is 36.3 Å². The van der Waals surface area contributed by atoms with Gasteiger partial charge >= 0.3 is 5.97 Å². The number of carbonyl (C=O) groups is 1. The minimum absolute atomic E-state index is 0.0930. The van der Waals surface area contributed by atoms with Gasteiger partial charge in [0.05, 0.1) is 5.56 Å².